The van der Waals surface area contributed by atoms with Crippen LogP contribution in [0.25, 0.3) is 0 Å². The summed E-state index contributed by atoms with van der Waals surface area (Å²) in [4.78, 5) is 8.33. The predicted molar refractivity (Wildman–Crippen MR) is 80.8 cm³/mol. The standard InChI is InChI=1S/C13H22N4OS/c1-8(2)18-13-11(14)12(15-7-16-13)17-9-5-4-6-10(9)19-3/h7-10H,4-6,14H2,1-3H3,(H,15,16,17). The first-order chi connectivity index (χ1) is 9.11. The Morgan fingerprint density at radius 1 is 1.42 bits per heavy atom. The Kier molecular flexibility index (Phi) is 4.74. The second-order valence-electron chi connectivity index (χ2n) is 5.06. The Morgan fingerprint density at radius 3 is 2.89 bits per heavy atom. The summed E-state index contributed by atoms with van der Waals surface area (Å²) in [5, 5.41) is 4.08. The number of aromatic nitrogens is 2. The number of anilines is 2. The maximum atomic E-state index is 6.08. The zero-order valence-corrected chi connectivity index (χ0v) is 12.5. The summed E-state index contributed by atoms with van der Waals surface area (Å²) in [7, 11) is 0. The third-order valence-electron chi connectivity index (χ3n) is 3.27. The Bertz CT molecular complexity index is 427. The van der Waals surface area contributed by atoms with Crippen LogP contribution in [0.4, 0.5) is 11.5 Å². The quantitative estimate of drug-likeness (QED) is 0.864. The first-order valence-electron chi connectivity index (χ1n) is 6.68. The van der Waals surface area contributed by atoms with Crippen LogP contribution >= 0.6 is 11.8 Å². The third kappa shape index (κ3) is 3.43. The first kappa shape index (κ1) is 14.2. The molecule has 0 saturated heterocycles. The first-order valence-corrected chi connectivity index (χ1v) is 7.97. The van der Waals surface area contributed by atoms with E-state index < -0.39 is 0 Å². The molecule has 0 amide bonds. The Hall–Kier alpha value is -1.17. The van der Waals surface area contributed by atoms with Crippen LogP contribution in [0, 0.1) is 0 Å². The van der Waals surface area contributed by atoms with E-state index in [1.54, 1.807) is 0 Å². The minimum Gasteiger partial charge on any atom is -0.473 e. The molecule has 19 heavy (non-hydrogen) atoms. The van der Waals surface area contributed by atoms with Gasteiger partial charge in [0.1, 0.15) is 12.0 Å². The molecule has 1 saturated carbocycles. The summed E-state index contributed by atoms with van der Waals surface area (Å²) in [5.41, 5.74) is 6.58. The SMILES string of the molecule is CSC1CCCC1Nc1ncnc(OC(C)C)c1N. The molecule has 2 atom stereocenters. The highest BCUT2D eigenvalue weighted by Gasteiger charge is 2.27. The fraction of sp³-hybridized carbons (Fsp3) is 0.692. The molecule has 6 heteroatoms. The van der Waals surface area contributed by atoms with Crippen LogP contribution in [0.2, 0.25) is 0 Å². The number of thioether (sulfide) groups is 1. The minimum absolute atomic E-state index is 0.0514. The van der Waals surface area contributed by atoms with Gasteiger partial charge in [0, 0.05) is 11.3 Å². The van der Waals surface area contributed by atoms with E-state index in [0.717, 1.165) is 6.42 Å². The smallest absolute Gasteiger partial charge is 0.242 e. The molecule has 0 aromatic carbocycles. The summed E-state index contributed by atoms with van der Waals surface area (Å²) in [6.07, 6.45) is 7.37. The number of rotatable bonds is 5. The van der Waals surface area contributed by atoms with Crippen molar-refractivity contribution in [3.05, 3.63) is 6.33 Å². The molecule has 5 nitrogen and oxygen atoms in total. The van der Waals surface area contributed by atoms with E-state index in [1.165, 1.54) is 19.2 Å². The predicted octanol–water partition coefficient (Wildman–Crippen LogP) is 2.54. The number of nitrogens with two attached hydrogens (primary N) is 1. The molecule has 1 aliphatic carbocycles. The van der Waals surface area contributed by atoms with Gasteiger partial charge >= 0.3 is 0 Å². The van der Waals surface area contributed by atoms with Gasteiger partial charge in [-0.25, -0.2) is 4.98 Å². The van der Waals surface area contributed by atoms with Crippen molar-refractivity contribution in [3.63, 3.8) is 0 Å². The molecule has 1 aromatic rings. The van der Waals surface area contributed by atoms with Gasteiger partial charge in [-0.3, -0.25) is 0 Å². The number of ether oxygens (including phenoxy) is 1. The second kappa shape index (κ2) is 6.32. The van der Waals surface area contributed by atoms with Crippen molar-refractivity contribution in [3.8, 4) is 5.88 Å². The van der Waals surface area contributed by atoms with Gasteiger partial charge in [-0.1, -0.05) is 6.42 Å². The van der Waals surface area contributed by atoms with Gasteiger partial charge in [-0.2, -0.15) is 16.7 Å². The summed E-state index contributed by atoms with van der Waals surface area (Å²) in [5.74, 6) is 1.16. The molecule has 1 aliphatic rings. The summed E-state index contributed by atoms with van der Waals surface area (Å²) < 4.78 is 5.58. The maximum Gasteiger partial charge on any atom is 0.242 e. The van der Waals surface area contributed by atoms with Crippen LogP contribution in [0.15, 0.2) is 6.33 Å². The van der Waals surface area contributed by atoms with Crippen LogP contribution in [0.5, 0.6) is 5.88 Å². The Balaban J connectivity index is 2.12. The third-order valence-corrected chi connectivity index (χ3v) is 4.44. The monoisotopic (exact) mass is 282 g/mol. The van der Waals surface area contributed by atoms with E-state index in [9.17, 15) is 0 Å². The van der Waals surface area contributed by atoms with Gasteiger partial charge in [0.15, 0.2) is 5.82 Å². The number of nitrogens with one attached hydrogen (secondary N) is 1. The lowest BCUT2D eigenvalue weighted by molar-refractivity contribution is 0.234. The molecule has 0 spiro atoms. The van der Waals surface area contributed by atoms with E-state index in [1.807, 2.05) is 25.6 Å². The molecule has 0 aliphatic heterocycles. The van der Waals surface area contributed by atoms with Crippen molar-refractivity contribution in [2.75, 3.05) is 17.3 Å². The van der Waals surface area contributed by atoms with Gasteiger partial charge in [0.05, 0.1) is 6.10 Å². The van der Waals surface area contributed by atoms with Crippen LogP contribution in [0.1, 0.15) is 33.1 Å². The number of nitrogens with zero attached hydrogens (tertiary/aromatic N) is 2. The highest BCUT2D eigenvalue weighted by Crippen LogP contribution is 2.33. The van der Waals surface area contributed by atoms with Crippen LogP contribution < -0.4 is 15.8 Å². The van der Waals surface area contributed by atoms with E-state index in [0.29, 0.717) is 28.7 Å². The Labute approximate surface area is 118 Å². The summed E-state index contributed by atoms with van der Waals surface area (Å²) in [6.45, 7) is 3.91. The van der Waals surface area contributed by atoms with Crippen molar-refractivity contribution >= 4 is 23.3 Å². The average molecular weight is 282 g/mol. The van der Waals surface area contributed by atoms with Crippen molar-refractivity contribution in [1.82, 2.24) is 9.97 Å². The largest absolute Gasteiger partial charge is 0.473 e. The van der Waals surface area contributed by atoms with E-state index in [2.05, 4.69) is 21.5 Å². The van der Waals surface area contributed by atoms with Crippen molar-refractivity contribution in [1.29, 1.82) is 0 Å². The van der Waals surface area contributed by atoms with Crippen molar-refractivity contribution in [2.45, 2.75) is 50.5 Å². The van der Waals surface area contributed by atoms with Gasteiger partial charge in [0.2, 0.25) is 5.88 Å². The maximum absolute atomic E-state index is 6.08. The van der Waals surface area contributed by atoms with Crippen LogP contribution in [-0.2, 0) is 0 Å². The molecule has 1 fully saturated rings. The molecule has 3 N–H and O–H groups in total. The molecule has 106 valence electrons. The fourth-order valence-electron chi connectivity index (χ4n) is 2.36. The molecular formula is C13H22N4OS. The lowest BCUT2D eigenvalue weighted by atomic mass is 10.2. The molecule has 1 aromatic heterocycles. The Morgan fingerprint density at radius 2 is 2.21 bits per heavy atom. The zero-order valence-electron chi connectivity index (χ0n) is 11.7. The number of hydrogen-bond donors (Lipinski definition) is 2. The molecular weight excluding hydrogens is 260 g/mol. The number of hydrogen-bond acceptors (Lipinski definition) is 6. The van der Waals surface area contributed by atoms with E-state index >= 15 is 0 Å². The topological polar surface area (TPSA) is 73.1 Å². The van der Waals surface area contributed by atoms with Gasteiger partial charge in [-0.15, -0.1) is 0 Å². The normalized spacial score (nSPS) is 22.7. The zero-order chi connectivity index (χ0) is 13.8. The highest BCUT2D eigenvalue weighted by molar-refractivity contribution is 7.99. The second-order valence-corrected chi connectivity index (χ2v) is 6.14. The van der Waals surface area contributed by atoms with E-state index in [4.69, 9.17) is 10.5 Å². The number of nitrogen functional groups attached to an aromatic ring is 1. The molecule has 2 rings (SSSR count). The van der Waals surface area contributed by atoms with Crippen molar-refractivity contribution in [2.24, 2.45) is 0 Å². The average Bonchev–Trinajstić information content (AvgIpc) is 2.81. The molecule has 2 unspecified atom stereocenters. The fourth-order valence-corrected chi connectivity index (χ4v) is 3.30. The molecule has 0 radical (unpaired) electrons. The lowest BCUT2D eigenvalue weighted by Crippen LogP contribution is -2.27. The van der Waals surface area contributed by atoms with Crippen LogP contribution in [0.3, 0.4) is 0 Å². The van der Waals surface area contributed by atoms with Gasteiger partial charge in [0.25, 0.3) is 0 Å². The van der Waals surface area contributed by atoms with Crippen LogP contribution in [-0.4, -0.2) is 33.6 Å². The van der Waals surface area contributed by atoms with Crippen molar-refractivity contribution < 1.29 is 4.74 Å². The molecule has 1 heterocycles. The van der Waals surface area contributed by atoms with E-state index in [-0.39, 0.29) is 6.10 Å². The summed E-state index contributed by atoms with van der Waals surface area (Å²) >= 11 is 1.90. The summed E-state index contributed by atoms with van der Waals surface area (Å²) in [6, 6.07) is 0.430. The van der Waals surface area contributed by atoms with Gasteiger partial charge < -0.3 is 15.8 Å². The minimum atomic E-state index is 0.0514. The highest BCUT2D eigenvalue weighted by atomic mass is 32.2. The molecule has 0 bridgehead atoms. The van der Waals surface area contributed by atoms with Gasteiger partial charge in [-0.05, 0) is 32.9 Å². The lowest BCUT2D eigenvalue weighted by Gasteiger charge is -2.21.